The van der Waals surface area contributed by atoms with Gasteiger partial charge in [-0.1, -0.05) is 13.8 Å². The van der Waals surface area contributed by atoms with E-state index in [1.807, 2.05) is 7.11 Å². The van der Waals surface area contributed by atoms with Crippen molar-refractivity contribution in [3.8, 4) is 0 Å². The lowest BCUT2D eigenvalue weighted by Gasteiger charge is -2.35. The highest BCUT2D eigenvalue weighted by Gasteiger charge is 2.31. The van der Waals surface area contributed by atoms with Gasteiger partial charge in [0.2, 0.25) is 0 Å². The molecular formula is C14H27NO2. The summed E-state index contributed by atoms with van der Waals surface area (Å²) in [5.74, 6) is 0.626. The molecule has 1 aliphatic carbocycles. The van der Waals surface area contributed by atoms with E-state index in [-0.39, 0.29) is 0 Å². The van der Waals surface area contributed by atoms with Crippen LogP contribution in [0.5, 0.6) is 0 Å². The topological polar surface area (TPSA) is 30.5 Å². The van der Waals surface area contributed by atoms with Crippen LogP contribution in [0.25, 0.3) is 0 Å². The third-order valence-electron chi connectivity index (χ3n) is 4.26. The Hall–Kier alpha value is -0.120. The van der Waals surface area contributed by atoms with Crippen LogP contribution < -0.4 is 5.32 Å². The molecule has 0 aromatic carbocycles. The molecule has 0 amide bonds. The molecule has 2 aliphatic rings. The summed E-state index contributed by atoms with van der Waals surface area (Å²) in [4.78, 5) is 0. The highest BCUT2D eigenvalue weighted by atomic mass is 16.5. The van der Waals surface area contributed by atoms with E-state index < -0.39 is 0 Å². The fourth-order valence-corrected chi connectivity index (χ4v) is 3.15. The molecule has 0 aromatic heterocycles. The Balaban J connectivity index is 1.82. The van der Waals surface area contributed by atoms with Crippen molar-refractivity contribution in [1.82, 2.24) is 5.32 Å². The summed E-state index contributed by atoms with van der Waals surface area (Å²) in [6.45, 7) is 5.41. The fourth-order valence-electron chi connectivity index (χ4n) is 3.15. The van der Waals surface area contributed by atoms with Crippen LogP contribution in [0.15, 0.2) is 0 Å². The second-order valence-corrected chi connectivity index (χ2v) is 5.85. The van der Waals surface area contributed by atoms with Crippen LogP contribution in [-0.4, -0.2) is 38.0 Å². The molecule has 4 atom stereocenters. The van der Waals surface area contributed by atoms with Gasteiger partial charge in [-0.3, -0.25) is 0 Å². The van der Waals surface area contributed by atoms with E-state index in [1.165, 1.54) is 19.3 Å². The van der Waals surface area contributed by atoms with E-state index >= 15 is 0 Å². The van der Waals surface area contributed by atoms with E-state index in [0.29, 0.717) is 30.2 Å². The molecule has 1 heterocycles. The van der Waals surface area contributed by atoms with Gasteiger partial charge in [-0.2, -0.15) is 0 Å². The molecule has 3 heteroatoms. The van der Waals surface area contributed by atoms with Crippen LogP contribution in [0, 0.1) is 5.92 Å². The predicted molar refractivity (Wildman–Crippen MR) is 69.2 cm³/mol. The van der Waals surface area contributed by atoms with Crippen molar-refractivity contribution >= 4 is 0 Å². The average Bonchev–Trinajstić information content (AvgIpc) is 2.76. The van der Waals surface area contributed by atoms with Crippen LogP contribution in [0.2, 0.25) is 0 Å². The summed E-state index contributed by atoms with van der Waals surface area (Å²) in [6, 6.07) is 1.19. The number of hydrogen-bond acceptors (Lipinski definition) is 3. The first-order valence-electron chi connectivity index (χ1n) is 7.11. The maximum absolute atomic E-state index is 5.82. The molecule has 0 aromatic rings. The minimum atomic E-state index is 0.426. The van der Waals surface area contributed by atoms with Crippen molar-refractivity contribution < 1.29 is 9.47 Å². The first-order chi connectivity index (χ1) is 8.20. The Morgan fingerprint density at radius 3 is 2.76 bits per heavy atom. The summed E-state index contributed by atoms with van der Waals surface area (Å²) >= 11 is 0. The standard InChI is InChI=1S/C14H27NO2/c1-10(2)14-9-11(7-8-17-14)15-12-5-4-6-13(12)16-3/h10-15H,4-9H2,1-3H3. The van der Waals surface area contributed by atoms with Crippen LogP contribution >= 0.6 is 0 Å². The molecule has 1 saturated heterocycles. The van der Waals surface area contributed by atoms with Crippen LogP contribution in [0.1, 0.15) is 46.0 Å². The number of ether oxygens (including phenoxy) is 2. The maximum atomic E-state index is 5.82. The molecule has 17 heavy (non-hydrogen) atoms. The first kappa shape index (κ1) is 13.3. The minimum Gasteiger partial charge on any atom is -0.380 e. The summed E-state index contributed by atoms with van der Waals surface area (Å²) in [7, 11) is 1.84. The fraction of sp³-hybridized carbons (Fsp3) is 1.00. The Kier molecular flexibility index (Phi) is 4.83. The minimum absolute atomic E-state index is 0.426. The molecule has 0 spiro atoms. The molecule has 0 radical (unpaired) electrons. The second-order valence-electron chi connectivity index (χ2n) is 5.85. The van der Waals surface area contributed by atoms with Gasteiger partial charge in [0, 0.05) is 25.8 Å². The van der Waals surface area contributed by atoms with Gasteiger partial charge < -0.3 is 14.8 Å². The van der Waals surface area contributed by atoms with Gasteiger partial charge in [-0.05, 0) is 38.0 Å². The van der Waals surface area contributed by atoms with Crippen molar-refractivity contribution in [2.45, 2.75) is 70.2 Å². The Bertz CT molecular complexity index is 232. The Morgan fingerprint density at radius 2 is 2.06 bits per heavy atom. The lowest BCUT2D eigenvalue weighted by Crippen LogP contribution is -2.48. The van der Waals surface area contributed by atoms with Gasteiger partial charge in [0.05, 0.1) is 12.2 Å². The zero-order valence-electron chi connectivity index (χ0n) is 11.4. The summed E-state index contributed by atoms with van der Waals surface area (Å²) < 4.78 is 11.4. The lowest BCUT2D eigenvalue weighted by atomic mass is 9.94. The van der Waals surface area contributed by atoms with E-state index in [0.717, 1.165) is 19.4 Å². The molecule has 2 rings (SSSR count). The van der Waals surface area contributed by atoms with Crippen molar-refractivity contribution in [3.05, 3.63) is 0 Å². The van der Waals surface area contributed by atoms with E-state index in [9.17, 15) is 0 Å². The molecule has 1 aliphatic heterocycles. The number of rotatable bonds is 4. The van der Waals surface area contributed by atoms with Gasteiger partial charge in [-0.25, -0.2) is 0 Å². The Morgan fingerprint density at radius 1 is 1.24 bits per heavy atom. The van der Waals surface area contributed by atoms with Gasteiger partial charge in [0.1, 0.15) is 0 Å². The number of methoxy groups -OCH3 is 1. The van der Waals surface area contributed by atoms with Crippen LogP contribution in [-0.2, 0) is 9.47 Å². The zero-order valence-corrected chi connectivity index (χ0v) is 11.4. The van der Waals surface area contributed by atoms with E-state index in [4.69, 9.17) is 9.47 Å². The van der Waals surface area contributed by atoms with Gasteiger partial charge >= 0.3 is 0 Å². The van der Waals surface area contributed by atoms with Gasteiger partial charge in [0.25, 0.3) is 0 Å². The van der Waals surface area contributed by atoms with Gasteiger partial charge in [-0.15, -0.1) is 0 Å². The summed E-state index contributed by atoms with van der Waals surface area (Å²) in [6.07, 6.45) is 6.94. The molecule has 1 saturated carbocycles. The maximum Gasteiger partial charge on any atom is 0.0724 e. The SMILES string of the molecule is COC1CCCC1NC1CCOC(C(C)C)C1. The molecule has 2 fully saturated rings. The largest absolute Gasteiger partial charge is 0.380 e. The number of nitrogens with one attached hydrogen (secondary N) is 1. The third kappa shape index (κ3) is 3.43. The molecule has 0 bridgehead atoms. The highest BCUT2D eigenvalue weighted by molar-refractivity contribution is 4.88. The first-order valence-corrected chi connectivity index (χ1v) is 7.11. The molecule has 4 unspecified atom stereocenters. The molecule has 1 N–H and O–H groups in total. The molecular weight excluding hydrogens is 214 g/mol. The van der Waals surface area contributed by atoms with Crippen LogP contribution in [0.4, 0.5) is 0 Å². The van der Waals surface area contributed by atoms with E-state index in [1.54, 1.807) is 0 Å². The summed E-state index contributed by atoms with van der Waals surface area (Å²) in [5, 5.41) is 3.80. The predicted octanol–water partition coefficient (Wildman–Crippen LogP) is 2.35. The monoisotopic (exact) mass is 241 g/mol. The molecule has 100 valence electrons. The lowest BCUT2D eigenvalue weighted by molar-refractivity contribution is -0.0292. The Labute approximate surface area is 105 Å². The average molecular weight is 241 g/mol. The van der Waals surface area contributed by atoms with Crippen molar-refractivity contribution in [3.63, 3.8) is 0 Å². The zero-order chi connectivity index (χ0) is 12.3. The number of hydrogen-bond donors (Lipinski definition) is 1. The van der Waals surface area contributed by atoms with Crippen molar-refractivity contribution in [2.75, 3.05) is 13.7 Å². The van der Waals surface area contributed by atoms with Crippen molar-refractivity contribution in [1.29, 1.82) is 0 Å². The van der Waals surface area contributed by atoms with Crippen LogP contribution in [0.3, 0.4) is 0 Å². The second kappa shape index (κ2) is 6.17. The van der Waals surface area contributed by atoms with Gasteiger partial charge in [0.15, 0.2) is 0 Å². The van der Waals surface area contributed by atoms with E-state index in [2.05, 4.69) is 19.2 Å². The normalized spacial score (nSPS) is 38.8. The highest BCUT2D eigenvalue weighted by Crippen LogP contribution is 2.25. The summed E-state index contributed by atoms with van der Waals surface area (Å²) in [5.41, 5.74) is 0. The molecule has 3 nitrogen and oxygen atoms in total. The third-order valence-corrected chi connectivity index (χ3v) is 4.26. The smallest absolute Gasteiger partial charge is 0.0724 e. The van der Waals surface area contributed by atoms with Crippen molar-refractivity contribution in [2.24, 2.45) is 5.92 Å². The quantitative estimate of drug-likeness (QED) is 0.819.